The Balaban J connectivity index is 1.93. The first-order chi connectivity index (χ1) is 9.66. The molecular formula is C14H18N2O4. The van der Waals surface area contributed by atoms with Crippen LogP contribution in [0.15, 0.2) is 18.2 Å². The molecule has 3 rings (SSSR count). The number of carbonyl (C=O) groups is 1. The SMILES string of the molecule is CC1NNC(C(=O)O)C1c1ccc2c(c1)OCCCO2. The topological polar surface area (TPSA) is 79.8 Å². The lowest BCUT2D eigenvalue weighted by Gasteiger charge is -2.19. The lowest BCUT2D eigenvalue weighted by atomic mass is 9.87. The summed E-state index contributed by atoms with van der Waals surface area (Å²) < 4.78 is 11.3. The van der Waals surface area contributed by atoms with Crippen LogP contribution in [-0.4, -0.2) is 36.4 Å². The molecule has 0 aromatic heterocycles. The van der Waals surface area contributed by atoms with E-state index in [0.717, 1.165) is 17.7 Å². The van der Waals surface area contributed by atoms with E-state index < -0.39 is 12.0 Å². The summed E-state index contributed by atoms with van der Waals surface area (Å²) in [6.45, 7) is 3.23. The zero-order valence-corrected chi connectivity index (χ0v) is 11.3. The minimum absolute atomic E-state index is 0.0286. The highest BCUT2D eigenvalue weighted by molar-refractivity contribution is 5.75. The Morgan fingerprint density at radius 2 is 2.00 bits per heavy atom. The van der Waals surface area contributed by atoms with Crippen molar-refractivity contribution < 1.29 is 19.4 Å². The van der Waals surface area contributed by atoms with Crippen LogP contribution in [0.1, 0.15) is 24.8 Å². The number of benzene rings is 1. The summed E-state index contributed by atoms with van der Waals surface area (Å²) in [5.41, 5.74) is 6.75. The number of rotatable bonds is 2. The summed E-state index contributed by atoms with van der Waals surface area (Å²) in [5, 5.41) is 9.29. The van der Waals surface area contributed by atoms with Gasteiger partial charge in [0.2, 0.25) is 0 Å². The van der Waals surface area contributed by atoms with Gasteiger partial charge in [-0.15, -0.1) is 0 Å². The molecule has 3 unspecified atom stereocenters. The molecule has 2 heterocycles. The van der Waals surface area contributed by atoms with Crippen molar-refractivity contribution >= 4 is 5.97 Å². The van der Waals surface area contributed by atoms with Gasteiger partial charge in [0.15, 0.2) is 11.5 Å². The van der Waals surface area contributed by atoms with Crippen LogP contribution in [0.2, 0.25) is 0 Å². The number of hydrogen-bond acceptors (Lipinski definition) is 5. The molecule has 6 heteroatoms. The molecule has 3 N–H and O–H groups in total. The van der Waals surface area contributed by atoms with Gasteiger partial charge in [0.05, 0.1) is 13.2 Å². The Labute approximate surface area is 117 Å². The number of carboxylic acids is 1. The number of nitrogens with one attached hydrogen (secondary N) is 2. The Morgan fingerprint density at radius 3 is 2.75 bits per heavy atom. The van der Waals surface area contributed by atoms with E-state index in [1.54, 1.807) is 0 Å². The molecular weight excluding hydrogens is 260 g/mol. The molecule has 0 spiro atoms. The van der Waals surface area contributed by atoms with E-state index in [-0.39, 0.29) is 12.0 Å². The molecule has 1 saturated heterocycles. The molecule has 108 valence electrons. The van der Waals surface area contributed by atoms with Crippen LogP contribution in [-0.2, 0) is 4.79 Å². The number of hydrazine groups is 1. The fourth-order valence-electron chi connectivity index (χ4n) is 2.77. The van der Waals surface area contributed by atoms with E-state index in [9.17, 15) is 9.90 Å². The molecule has 0 radical (unpaired) electrons. The second-order valence-electron chi connectivity index (χ2n) is 5.18. The molecule has 6 nitrogen and oxygen atoms in total. The highest BCUT2D eigenvalue weighted by Gasteiger charge is 2.39. The molecule has 0 bridgehead atoms. The van der Waals surface area contributed by atoms with Gasteiger partial charge in [-0.1, -0.05) is 6.07 Å². The van der Waals surface area contributed by atoms with Gasteiger partial charge in [-0.2, -0.15) is 0 Å². The summed E-state index contributed by atoms with van der Waals surface area (Å²) in [4.78, 5) is 11.3. The Morgan fingerprint density at radius 1 is 1.25 bits per heavy atom. The van der Waals surface area contributed by atoms with E-state index in [1.165, 1.54) is 0 Å². The number of hydrogen-bond donors (Lipinski definition) is 3. The van der Waals surface area contributed by atoms with E-state index in [4.69, 9.17) is 9.47 Å². The maximum atomic E-state index is 11.3. The maximum absolute atomic E-state index is 11.3. The smallest absolute Gasteiger partial charge is 0.322 e. The number of aliphatic carboxylic acids is 1. The van der Waals surface area contributed by atoms with Crippen molar-refractivity contribution in [3.8, 4) is 11.5 Å². The Hall–Kier alpha value is -1.79. The van der Waals surface area contributed by atoms with Crippen LogP contribution in [0.3, 0.4) is 0 Å². The summed E-state index contributed by atoms with van der Waals surface area (Å²) in [7, 11) is 0. The van der Waals surface area contributed by atoms with Crippen molar-refractivity contribution in [1.29, 1.82) is 0 Å². The van der Waals surface area contributed by atoms with Crippen LogP contribution in [0.5, 0.6) is 11.5 Å². The highest BCUT2D eigenvalue weighted by Crippen LogP contribution is 2.35. The van der Waals surface area contributed by atoms with Crippen LogP contribution in [0.25, 0.3) is 0 Å². The summed E-state index contributed by atoms with van der Waals surface area (Å²) in [5.74, 6) is 0.413. The quantitative estimate of drug-likeness (QED) is 0.745. The monoisotopic (exact) mass is 278 g/mol. The standard InChI is InChI=1S/C14H18N2O4/c1-8-12(13(14(17)18)16-15-8)9-3-4-10-11(7-9)20-6-2-5-19-10/h3-4,7-8,12-13,15-16H,2,5-6H2,1H3,(H,17,18). The minimum Gasteiger partial charge on any atom is -0.490 e. The van der Waals surface area contributed by atoms with Gasteiger partial charge in [-0.25, -0.2) is 5.43 Å². The summed E-state index contributed by atoms with van der Waals surface area (Å²) in [6.07, 6.45) is 0.852. The normalized spacial score (nSPS) is 28.9. The maximum Gasteiger partial charge on any atom is 0.322 e. The zero-order chi connectivity index (χ0) is 14.1. The first kappa shape index (κ1) is 13.2. The van der Waals surface area contributed by atoms with Crippen molar-refractivity contribution in [2.75, 3.05) is 13.2 Å². The van der Waals surface area contributed by atoms with Crippen LogP contribution >= 0.6 is 0 Å². The van der Waals surface area contributed by atoms with E-state index in [1.807, 2.05) is 25.1 Å². The predicted octanol–water partition coefficient (Wildman–Crippen LogP) is 0.881. The van der Waals surface area contributed by atoms with Gasteiger partial charge in [-0.05, 0) is 24.6 Å². The molecule has 0 aliphatic carbocycles. The van der Waals surface area contributed by atoms with Gasteiger partial charge in [0.1, 0.15) is 6.04 Å². The Bertz CT molecular complexity index is 520. The van der Waals surface area contributed by atoms with Gasteiger partial charge < -0.3 is 14.6 Å². The number of fused-ring (bicyclic) bond motifs is 1. The second-order valence-corrected chi connectivity index (χ2v) is 5.18. The van der Waals surface area contributed by atoms with Crippen molar-refractivity contribution in [2.24, 2.45) is 0 Å². The molecule has 1 aromatic carbocycles. The molecule has 0 saturated carbocycles. The van der Waals surface area contributed by atoms with Crippen LogP contribution in [0.4, 0.5) is 0 Å². The third kappa shape index (κ3) is 2.32. The second kappa shape index (κ2) is 5.30. The highest BCUT2D eigenvalue weighted by atomic mass is 16.5. The van der Waals surface area contributed by atoms with Gasteiger partial charge >= 0.3 is 5.97 Å². The number of carboxylic acid groups (broad SMARTS) is 1. The summed E-state index contributed by atoms with van der Waals surface area (Å²) in [6, 6.07) is 5.06. The molecule has 3 atom stereocenters. The van der Waals surface area contributed by atoms with E-state index >= 15 is 0 Å². The molecule has 20 heavy (non-hydrogen) atoms. The largest absolute Gasteiger partial charge is 0.490 e. The predicted molar refractivity (Wildman–Crippen MR) is 71.9 cm³/mol. The van der Waals surface area contributed by atoms with E-state index in [0.29, 0.717) is 19.0 Å². The van der Waals surface area contributed by atoms with Gasteiger partial charge in [-0.3, -0.25) is 10.2 Å². The fraction of sp³-hybridized carbons (Fsp3) is 0.500. The van der Waals surface area contributed by atoms with Crippen molar-refractivity contribution in [3.63, 3.8) is 0 Å². The van der Waals surface area contributed by atoms with Crippen molar-refractivity contribution in [3.05, 3.63) is 23.8 Å². The average Bonchev–Trinajstić information content (AvgIpc) is 2.68. The molecule has 2 aliphatic rings. The van der Waals surface area contributed by atoms with E-state index in [2.05, 4.69) is 10.9 Å². The molecule has 0 amide bonds. The minimum atomic E-state index is -0.862. The van der Waals surface area contributed by atoms with Gasteiger partial charge in [0.25, 0.3) is 0 Å². The Kier molecular flexibility index (Phi) is 3.50. The van der Waals surface area contributed by atoms with Crippen LogP contribution in [0, 0.1) is 0 Å². The first-order valence-corrected chi connectivity index (χ1v) is 6.80. The van der Waals surface area contributed by atoms with Crippen LogP contribution < -0.4 is 20.3 Å². The third-order valence-electron chi connectivity index (χ3n) is 3.79. The average molecular weight is 278 g/mol. The van der Waals surface area contributed by atoms with Crippen molar-refractivity contribution in [2.45, 2.75) is 31.3 Å². The fourth-order valence-corrected chi connectivity index (χ4v) is 2.77. The number of ether oxygens (including phenoxy) is 2. The van der Waals surface area contributed by atoms with Crippen molar-refractivity contribution in [1.82, 2.24) is 10.9 Å². The molecule has 1 aromatic rings. The summed E-state index contributed by atoms with van der Waals surface area (Å²) >= 11 is 0. The molecule has 2 aliphatic heterocycles. The van der Waals surface area contributed by atoms with Gasteiger partial charge in [0, 0.05) is 18.4 Å². The lowest BCUT2D eigenvalue weighted by Crippen LogP contribution is -2.38. The lowest BCUT2D eigenvalue weighted by molar-refractivity contribution is -0.139. The third-order valence-corrected chi connectivity index (χ3v) is 3.79. The zero-order valence-electron chi connectivity index (χ0n) is 11.3. The first-order valence-electron chi connectivity index (χ1n) is 6.80. The molecule has 1 fully saturated rings.